The van der Waals surface area contributed by atoms with Gasteiger partial charge in [-0.1, -0.05) is 42.2 Å². The first-order valence-corrected chi connectivity index (χ1v) is 11.5. The van der Waals surface area contributed by atoms with Gasteiger partial charge in [0.25, 0.3) is 0 Å². The van der Waals surface area contributed by atoms with Crippen LogP contribution in [0.25, 0.3) is 0 Å². The topological polar surface area (TPSA) is 101 Å². The number of benzene rings is 1. The molecule has 1 saturated carbocycles. The average Bonchev–Trinajstić information content (AvgIpc) is 3.11. The molecule has 10 heteroatoms. The van der Waals surface area contributed by atoms with Crippen LogP contribution in [0.5, 0.6) is 0 Å². The number of sulfonamides is 1. The molecule has 2 N–H and O–H groups in total. The van der Waals surface area contributed by atoms with Gasteiger partial charge in [-0.05, 0) is 37.1 Å². The van der Waals surface area contributed by atoms with Crippen LogP contribution in [0.4, 0.5) is 5.13 Å². The maximum absolute atomic E-state index is 12.2. The summed E-state index contributed by atoms with van der Waals surface area (Å²) in [7, 11) is -3.67. The highest BCUT2D eigenvalue weighted by Gasteiger charge is 2.20. The summed E-state index contributed by atoms with van der Waals surface area (Å²) in [4.78, 5) is 12.1. The number of nitrogens with one attached hydrogen (secondary N) is 2. The van der Waals surface area contributed by atoms with Crippen LogP contribution >= 0.6 is 22.9 Å². The Balaban J connectivity index is 1.47. The molecule has 7 nitrogen and oxygen atoms in total. The number of amides is 1. The van der Waals surface area contributed by atoms with Crippen molar-refractivity contribution in [2.75, 3.05) is 11.9 Å². The lowest BCUT2D eigenvalue weighted by molar-refractivity contribution is -0.116. The zero-order valence-electron chi connectivity index (χ0n) is 14.7. The van der Waals surface area contributed by atoms with Crippen molar-refractivity contribution in [3.63, 3.8) is 0 Å². The number of nitrogens with zero attached hydrogens (tertiary/aromatic N) is 2. The van der Waals surface area contributed by atoms with Crippen molar-refractivity contribution < 1.29 is 13.2 Å². The van der Waals surface area contributed by atoms with E-state index >= 15 is 0 Å². The normalized spacial score (nSPS) is 15.6. The van der Waals surface area contributed by atoms with Crippen molar-refractivity contribution >= 4 is 44.0 Å². The molecule has 0 spiro atoms. The molecule has 0 bridgehead atoms. The lowest BCUT2D eigenvalue weighted by atomic mass is 9.90. The minimum Gasteiger partial charge on any atom is -0.300 e. The Bertz CT molecular complexity index is 878. The molecule has 1 aromatic heterocycles. The maximum Gasteiger partial charge on any atom is 0.240 e. The first-order chi connectivity index (χ1) is 12.9. The summed E-state index contributed by atoms with van der Waals surface area (Å²) >= 11 is 7.16. The van der Waals surface area contributed by atoms with Gasteiger partial charge in [0.05, 0.1) is 4.90 Å². The standard InChI is InChI=1S/C17H21ClN4O3S2/c18-13-6-8-14(9-7-13)27(24,25)19-11-10-15(23)20-17-22-21-16(26-17)12-4-2-1-3-5-12/h6-9,12,19H,1-5,10-11H2,(H,20,22,23). The quantitative estimate of drug-likeness (QED) is 0.702. The number of anilines is 1. The highest BCUT2D eigenvalue weighted by Crippen LogP contribution is 2.35. The van der Waals surface area contributed by atoms with Crippen LogP contribution in [-0.4, -0.2) is 31.1 Å². The van der Waals surface area contributed by atoms with Crippen molar-refractivity contribution in [2.45, 2.75) is 49.3 Å². The lowest BCUT2D eigenvalue weighted by Crippen LogP contribution is -2.27. The third-order valence-corrected chi connectivity index (χ3v) is 7.14. The minimum absolute atomic E-state index is 0.00512. The summed E-state index contributed by atoms with van der Waals surface area (Å²) in [6.07, 6.45) is 5.93. The van der Waals surface area contributed by atoms with Crippen LogP contribution in [0.2, 0.25) is 5.02 Å². The molecule has 0 atom stereocenters. The second kappa shape index (κ2) is 9.09. The number of hydrogen-bond acceptors (Lipinski definition) is 6. The fourth-order valence-electron chi connectivity index (χ4n) is 2.98. The van der Waals surface area contributed by atoms with Gasteiger partial charge in [0.2, 0.25) is 21.1 Å². The van der Waals surface area contributed by atoms with Gasteiger partial charge in [0.1, 0.15) is 5.01 Å². The van der Waals surface area contributed by atoms with Crippen molar-refractivity contribution in [1.29, 1.82) is 0 Å². The van der Waals surface area contributed by atoms with Crippen LogP contribution in [0.15, 0.2) is 29.2 Å². The lowest BCUT2D eigenvalue weighted by Gasteiger charge is -2.18. The largest absolute Gasteiger partial charge is 0.300 e. The third-order valence-electron chi connectivity index (χ3n) is 4.41. The van der Waals surface area contributed by atoms with Crippen molar-refractivity contribution in [1.82, 2.24) is 14.9 Å². The number of halogens is 1. The summed E-state index contributed by atoms with van der Waals surface area (Å²) in [6, 6.07) is 5.84. The van der Waals surface area contributed by atoms with Crippen LogP contribution in [0.1, 0.15) is 49.5 Å². The Kier molecular flexibility index (Phi) is 6.80. The van der Waals surface area contributed by atoms with E-state index in [1.54, 1.807) is 0 Å². The first-order valence-electron chi connectivity index (χ1n) is 8.82. The van der Waals surface area contributed by atoms with E-state index in [0.717, 1.165) is 17.8 Å². The van der Waals surface area contributed by atoms with Gasteiger partial charge in [-0.25, -0.2) is 13.1 Å². The second-order valence-corrected chi connectivity index (χ2v) is 9.64. The summed E-state index contributed by atoms with van der Waals surface area (Å²) in [5.41, 5.74) is 0. The summed E-state index contributed by atoms with van der Waals surface area (Å²) in [5, 5.41) is 12.8. The average molecular weight is 429 g/mol. The fourth-order valence-corrected chi connectivity index (χ4v) is 5.06. The summed E-state index contributed by atoms with van der Waals surface area (Å²) in [6.45, 7) is -0.00885. The van der Waals surface area contributed by atoms with Crippen LogP contribution in [0.3, 0.4) is 0 Å². The van der Waals surface area contributed by atoms with Gasteiger partial charge < -0.3 is 5.32 Å². The number of hydrogen-bond donors (Lipinski definition) is 2. The van der Waals surface area contributed by atoms with E-state index in [9.17, 15) is 13.2 Å². The Morgan fingerprint density at radius 2 is 1.85 bits per heavy atom. The zero-order chi connectivity index (χ0) is 19.3. The van der Waals surface area contributed by atoms with Gasteiger partial charge in [0, 0.05) is 23.9 Å². The SMILES string of the molecule is O=C(CCNS(=O)(=O)c1ccc(Cl)cc1)Nc1nnc(C2CCCCC2)s1. The van der Waals surface area contributed by atoms with E-state index in [-0.39, 0.29) is 23.8 Å². The Morgan fingerprint density at radius 1 is 1.15 bits per heavy atom. The molecule has 0 aliphatic heterocycles. The summed E-state index contributed by atoms with van der Waals surface area (Å²) < 4.78 is 26.7. The first kappa shape index (κ1) is 20.2. The minimum atomic E-state index is -3.67. The molecule has 0 saturated heterocycles. The molecule has 1 amide bonds. The van der Waals surface area contributed by atoms with E-state index < -0.39 is 10.0 Å². The van der Waals surface area contributed by atoms with E-state index in [0.29, 0.717) is 16.1 Å². The molecule has 1 fully saturated rings. The van der Waals surface area contributed by atoms with E-state index in [2.05, 4.69) is 20.2 Å². The highest BCUT2D eigenvalue weighted by molar-refractivity contribution is 7.89. The van der Waals surface area contributed by atoms with Crippen molar-refractivity contribution in [3.05, 3.63) is 34.3 Å². The molecular weight excluding hydrogens is 408 g/mol. The number of carbonyl (C=O) groups is 1. The molecule has 3 rings (SSSR count). The molecule has 146 valence electrons. The van der Waals surface area contributed by atoms with E-state index in [1.807, 2.05) is 0 Å². The maximum atomic E-state index is 12.2. The molecule has 1 aliphatic carbocycles. The molecular formula is C17H21ClN4O3S2. The van der Waals surface area contributed by atoms with Crippen LogP contribution in [0, 0.1) is 0 Å². The monoisotopic (exact) mass is 428 g/mol. The summed E-state index contributed by atoms with van der Waals surface area (Å²) in [5.74, 6) is 0.133. The van der Waals surface area contributed by atoms with Crippen molar-refractivity contribution in [2.24, 2.45) is 0 Å². The number of aromatic nitrogens is 2. The number of carbonyl (C=O) groups excluding carboxylic acids is 1. The van der Waals surface area contributed by atoms with Gasteiger partial charge in [-0.15, -0.1) is 10.2 Å². The van der Waals surface area contributed by atoms with E-state index in [4.69, 9.17) is 11.6 Å². The molecule has 1 heterocycles. The highest BCUT2D eigenvalue weighted by atomic mass is 35.5. The predicted octanol–water partition coefficient (Wildman–Crippen LogP) is 3.55. The Labute approximate surface area is 167 Å². The smallest absolute Gasteiger partial charge is 0.240 e. The van der Waals surface area contributed by atoms with Gasteiger partial charge in [-0.2, -0.15) is 0 Å². The van der Waals surface area contributed by atoms with Crippen LogP contribution in [-0.2, 0) is 14.8 Å². The Hall–Kier alpha value is -1.55. The predicted molar refractivity (Wildman–Crippen MR) is 106 cm³/mol. The van der Waals surface area contributed by atoms with Crippen molar-refractivity contribution in [3.8, 4) is 0 Å². The molecule has 27 heavy (non-hydrogen) atoms. The van der Waals surface area contributed by atoms with Gasteiger partial charge in [0.15, 0.2) is 0 Å². The number of rotatable bonds is 7. The molecule has 0 unspecified atom stereocenters. The van der Waals surface area contributed by atoms with Gasteiger partial charge >= 0.3 is 0 Å². The fraction of sp³-hybridized carbons (Fsp3) is 0.471. The molecule has 0 radical (unpaired) electrons. The van der Waals surface area contributed by atoms with E-state index in [1.165, 1.54) is 54.9 Å². The van der Waals surface area contributed by atoms with Gasteiger partial charge in [-0.3, -0.25) is 4.79 Å². The molecule has 2 aromatic rings. The third kappa shape index (κ3) is 5.71. The molecule has 1 aromatic carbocycles. The Morgan fingerprint density at radius 3 is 2.56 bits per heavy atom. The van der Waals surface area contributed by atoms with Crippen LogP contribution < -0.4 is 10.0 Å². The second-order valence-electron chi connectivity index (χ2n) is 6.43. The zero-order valence-corrected chi connectivity index (χ0v) is 17.0. The molecule has 1 aliphatic rings.